The van der Waals surface area contributed by atoms with Gasteiger partial charge in [0.25, 0.3) is 0 Å². The van der Waals surface area contributed by atoms with Crippen molar-refractivity contribution in [2.75, 3.05) is 0 Å². The van der Waals surface area contributed by atoms with Gasteiger partial charge in [0, 0.05) is 11.0 Å². The molecule has 0 aromatic carbocycles. The van der Waals surface area contributed by atoms with Gasteiger partial charge in [0.1, 0.15) is 0 Å². The molecule has 0 atom stereocenters. The molecule has 52 valence electrons. The van der Waals surface area contributed by atoms with E-state index in [1.54, 1.807) is 0 Å². The normalized spacial score (nSPS) is 28.7. The van der Waals surface area contributed by atoms with Crippen molar-refractivity contribution >= 4 is 17.2 Å². The van der Waals surface area contributed by atoms with E-state index in [2.05, 4.69) is 33.0 Å². The summed E-state index contributed by atoms with van der Waals surface area (Å²) in [5.74, 6) is 0. The fourth-order valence-corrected chi connectivity index (χ4v) is 1.33. The zero-order chi connectivity index (χ0) is 7.28. The van der Waals surface area contributed by atoms with Gasteiger partial charge in [-0.1, -0.05) is 26.1 Å². The Morgan fingerprint density at radius 2 is 1.67 bits per heavy atom. The molecule has 0 radical (unpaired) electrons. The maximum absolute atomic E-state index is 5.06. The first-order valence-corrected chi connectivity index (χ1v) is 3.61. The Bertz CT molecular complexity index is 158. The second-order valence-corrected chi connectivity index (χ2v) is 4.11. The van der Waals surface area contributed by atoms with Crippen LogP contribution >= 0.6 is 12.2 Å². The summed E-state index contributed by atoms with van der Waals surface area (Å²) in [6.07, 6.45) is 0. The fraction of sp³-hybridized carbons (Fsp3) is 0.857. The molecule has 1 rings (SSSR count). The summed E-state index contributed by atoms with van der Waals surface area (Å²) in [6.45, 7) is 8.68. The molecule has 0 aromatic rings. The Labute approximate surface area is 61.8 Å². The van der Waals surface area contributed by atoms with Gasteiger partial charge in [0.15, 0.2) is 0 Å². The summed E-state index contributed by atoms with van der Waals surface area (Å²) in [6, 6.07) is 0. The van der Waals surface area contributed by atoms with Gasteiger partial charge < -0.3 is 5.32 Å². The smallest absolute Gasteiger partial charge is 0.0838 e. The minimum absolute atomic E-state index is 0.197. The van der Waals surface area contributed by atoms with Gasteiger partial charge in [-0.3, -0.25) is 0 Å². The van der Waals surface area contributed by atoms with E-state index in [9.17, 15) is 0 Å². The van der Waals surface area contributed by atoms with Crippen molar-refractivity contribution in [1.29, 1.82) is 0 Å². The zero-order valence-corrected chi connectivity index (χ0v) is 7.22. The first-order chi connectivity index (χ1) is 3.88. The van der Waals surface area contributed by atoms with Crippen molar-refractivity contribution in [2.45, 2.75) is 33.2 Å². The van der Waals surface area contributed by atoms with E-state index in [1.165, 1.54) is 0 Å². The quantitative estimate of drug-likeness (QED) is 0.518. The first-order valence-electron chi connectivity index (χ1n) is 3.20. The molecule has 2 heteroatoms. The van der Waals surface area contributed by atoms with E-state index in [1.807, 2.05) is 0 Å². The summed E-state index contributed by atoms with van der Waals surface area (Å²) < 4.78 is 0. The van der Waals surface area contributed by atoms with Crippen LogP contribution in [0.25, 0.3) is 0 Å². The molecule has 0 aromatic heterocycles. The summed E-state index contributed by atoms with van der Waals surface area (Å²) in [4.78, 5) is 0.993. The van der Waals surface area contributed by atoms with Crippen LogP contribution < -0.4 is 5.32 Å². The highest BCUT2D eigenvalue weighted by atomic mass is 32.1. The highest BCUT2D eigenvalue weighted by Crippen LogP contribution is 2.39. The van der Waals surface area contributed by atoms with Crippen LogP contribution in [0.4, 0.5) is 0 Å². The van der Waals surface area contributed by atoms with Crippen molar-refractivity contribution in [3.8, 4) is 0 Å². The van der Waals surface area contributed by atoms with Crippen LogP contribution in [0.1, 0.15) is 27.7 Å². The van der Waals surface area contributed by atoms with E-state index in [0.29, 0.717) is 0 Å². The van der Waals surface area contributed by atoms with Crippen molar-refractivity contribution in [1.82, 2.24) is 5.32 Å². The van der Waals surface area contributed by atoms with Gasteiger partial charge >= 0.3 is 0 Å². The third kappa shape index (κ3) is 0.692. The number of hydrogen-bond donors (Lipinski definition) is 1. The Kier molecular flexibility index (Phi) is 1.15. The molecule has 1 fully saturated rings. The lowest BCUT2D eigenvalue weighted by atomic mass is 9.67. The lowest BCUT2D eigenvalue weighted by Crippen LogP contribution is -2.70. The minimum Gasteiger partial charge on any atom is -0.373 e. The summed E-state index contributed by atoms with van der Waals surface area (Å²) in [5.41, 5.74) is 0.395. The lowest BCUT2D eigenvalue weighted by molar-refractivity contribution is 0.197. The van der Waals surface area contributed by atoms with E-state index in [-0.39, 0.29) is 11.0 Å². The standard InChI is InChI=1S/C7H13NS/c1-6(2)5(9)8-7(6,3)4/h1-4H3,(H,8,9). The fourth-order valence-electron chi connectivity index (χ4n) is 0.818. The van der Waals surface area contributed by atoms with Gasteiger partial charge in [-0.25, -0.2) is 0 Å². The molecule has 0 amide bonds. The summed E-state index contributed by atoms with van der Waals surface area (Å²) in [5, 5.41) is 3.20. The molecule has 0 saturated carbocycles. The van der Waals surface area contributed by atoms with Crippen molar-refractivity contribution in [2.24, 2.45) is 5.41 Å². The highest BCUT2D eigenvalue weighted by molar-refractivity contribution is 7.80. The molecular weight excluding hydrogens is 130 g/mol. The average Bonchev–Trinajstić information content (AvgIpc) is 1.65. The Balaban J connectivity index is 2.82. The summed E-state index contributed by atoms with van der Waals surface area (Å²) in [7, 11) is 0. The third-order valence-electron chi connectivity index (χ3n) is 2.56. The van der Waals surface area contributed by atoms with Gasteiger partial charge in [0.05, 0.1) is 4.99 Å². The molecule has 1 aliphatic rings. The van der Waals surface area contributed by atoms with Gasteiger partial charge in [-0.05, 0) is 13.8 Å². The molecule has 1 aliphatic heterocycles. The van der Waals surface area contributed by atoms with Crippen LogP contribution in [0.2, 0.25) is 0 Å². The van der Waals surface area contributed by atoms with Crippen LogP contribution in [0.15, 0.2) is 0 Å². The molecule has 1 saturated heterocycles. The molecule has 1 heterocycles. The van der Waals surface area contributed by atoms with Gasteiger partial charge in [0.2, 0.25) is 0 Å². The van der Waals surface area contributed by atoms with Crippen molar-refractivity contribution in [3.63, 3.8) is 0 Å². The molecule has 1 nitrogen and oxygen atoms in total. The van der Waals surface area contributed by atoms with Crippen LogP contribution in [0, 0.1) is 5.41 Å². The number of nitrogens with one attached hydrogen (secondary N) is 1. The number of thiocarbonyl (C=S) groups is 1. The predicted octanol–water partition coefficient (Wildman–Crippen LogP) is 1.72. The average molecular weight is 143 g/mol. The Hall–Kier alpha value is -0.110. The molecule has 9 heavy (non-hydrogen) atoms. The highest BCUT2D eigenvalue weighted by Gasteiger charge is 2.50. The second kappa shape index (κ2) is 1.48. The molecule has 0 spiro atoms. The van der Waals surface area contributed by atoms with Crippen LogP contribution in [0.3, 0.4) is 0 Å². The second-order valence-electron chi connectivity index (χ2n) is 3.70. The summed E-state index contributed by atoms with van der Waals surface area (Å²) >= 11 is 5.06. The topological polar surface area (TPSA) is 12.0 Å². The molecular formula is C7H13NS. The monoisotopic (exact) mass is 143 g/mol. The zero-order valence-electron chi connectivity index (χ0n) is 6.41. The van der Waals surface area contributed by atoms with E-state index < -0.39 is 0 Å². The SMILES string of the molecule is CC1(C)NC(=S)C1(C)C. The maximum Gasteiger partial charge on any atom is 0.0838 e. The predicted molar refractivity (Wildman–Crippen MR) is 43.6 cm³/mol. The van der Waals surface area contributed by atoms with Crippen molar-refractivity contribution in [3.05, 3.63) is 0 Å². The molecule has 0 aliphatic carbocycles. The molecule has 0 unspecified atom stereocenters. The minimum atomic E-state index is 0.197. The van der Waals surface area contributed by atoms with Gasteiger partial charge in [-0.2, -0.15) is 0 Å². The third-order valence-corrected chi connectivity index (χ3v) is 3.17. The number of hydrogen-bond acceptors (Lipinski definition) is 1. The van der Waals surface area contributed by atoms with Crippen molar-refractivity contribution < 1.29 is 0 Å². The Morgan fingerprint density at radius 3 is 1.67 bits per heavy atom. The van der Waals surface area contributed by atoms with Crippen LogP contribution in [-0.2, 0) is 0 Å². The number of rotatable bonds is 0. The Morgan fingerprint density at radius 1 is 1.22 bits per heavy atom. The molecule has 0 bridgehead atoms. The van der Waals surface area contributed by atoms with Crippen LogP contribution in [0.5, 0.6) is 0 Å². The van der Waals surface area contributed by atoms with Crippen LogP contribution in [-0.4, -0.2) is 10.5 Å². The largest absolute Gasteiger partial charge is 0.373 e. The molecule has 1 N–H and O–H groups in total. The van der Waals surface area contributed by atoms with E-state index in [0.717, 1.165) is 4.99 Å². The van der Waals surface area contributed by atoms with E-state index >= 15 is 0 Å². The lowest BCUT2D eigenvalue weighted by Gasteiger charge is -2.54. The van der Waals surface area contributed by atoms with E-state index in [4.69, 9.17) is 12.2 Å². The van der Waals surface area contributed by atoms with Gasteiger partial charge in [-0.15, -0.1) is 0 Å². The first kappa shape index (κ1) is 7.00. The maximum atomic E-state index is 5.06.